The van der Waals surface area contributed by atoms with Crippen molar-refractivity contribution in [1.29, 1.82) is 0 Å². The predicted octanol–water partition coefficient (Wildman–Crippen LogP) is 2.60. The molecule has 0 aliphatic heterocycles. The zero-order valence-electron chi connectivity index (χ0n) is 6.60. The van der Waals surface area contributed by atoms with Gasteiger partial charge in [-0.1, -0.05) is 13.0 Å². The van der Waals surface area contributed by atoms with Gasteiger partial charge in [0.1, 0.15) is 0 Å². The van der Waals surface area contributed by atoms with Crippen molar-refractivity contribution in [2.24, 2.45) is 0 Å². The van der Waals surface area contributed by atoms with Gasteiger partial charge in [-0.2, -0.15) is 0 Å². The Balaban J connectivity index is 0.000001000. The number of hydrogen-bond donors (Lipinski definition) is 0. The second-order valence-corrected chi connectivity index (χ2v) is 2.22. The molecule has 0 saturated carbocycles. The minimum absolute atomic E-state index is 0. The maximum absolute atomic E-state index is 3.95. The van der Waals surface area contributed by atoms with Crippen LogP contribution in [0, 0.1) is 0 Å². The van der Waals surface area contributed by atoms with Crippen LogP contribution in [0.3, 0.4) is 0 Å². The van der Waals surface area contributed by atoms with Gasteiger partial charge in [-0.3, -0.25) is 0 Å². The average Bonchev–Trinajstić information content (AvgIpc) is 2.43. The summed E-state index contributed by atoms with van der Waals surface area (Å²) in [6.45, 7) is 5.87. The van der Waals surface area contributed by atoms with E-state index in [9.17, 15) is 0 Å². The molecule has 1 heterocycles. The Morgan fingerprint density at radius 3 is 2.82 bits per heavy atom. The van der Waals surface area contributed by atoms with Crippen molar-refractivity contribution >= 4 is 17.0 Å². The lowest BCUT2D eigenvalue weighted by Crippen LogP contribution is -2.01. The Bertz CT molecular complexity index is 194. The highest BCUT2D eigenvalue weighted by molar-refractivity contribution is 8.93. The molecule has 11 heavy (non-hydrogen) atoms. The SMILES string of the molecule is Br.C=CC(CC)n1ccnc1. The van der Waals surface area contributed by atoms with Gasteiger partial charge in [-0.25, -0.2) is 4.98 Å². The maximum Gasteiger partial charge on any atom is 0.0951 e. The first kappa shape index (κ1) is 10.4. The number of aromatic nitrogens is 2. The summed E-state index contributed by atoms with van der Waals surface area (Å²) in [6, 6.07) is 0.405. The molecular formula is C8H13BrN2. The van der Waals surface area contributed by atoms with Crippen LogP contribution in [0.1, 0.15) is 19.4 Å². The van der Waals surface area contributed by atoms with Gasteiger partial charge in [0.05, 0.1) is 12.4 Å². The van der Waals surface area contributed by atoms with E-state index in [4.69, 9.17) is 0 Å². The molecule has 0 fully saturated rings. The van der Waals surface area contributed by atoms with Crippen LogP contribution in [0.2, 0.25) is 0 Å². The van der Waals surface area contributed by atoms with Crippen LogP contribution >= 0.6 is 17.0 Å². The second-order valence-electron chi connectivity index (χ2n) is 2.22. The number of imidazole rings is 1. The van der Waals surface area contributed by atoms with Crippen molar-refractivity contribution in [2.45, 2.75) is 19.4 Å². The largest absolute Gasteiger partial charge is 0.331 e. The Morgan fingerprint density at radius 2 is 2.45 bits per heavy atom. The molecule has 3 heteroatoms. The van der Waals surface area contributed by atoms with Crippen LogP contribution in [0.15, 0.2) is 31.4 Å². The summed E-state index contributed by atoms with van der Waals surface area (Å²) < 4.78 is 2.05. The lowest BCUT2D eigenvalue weighted by molar-refractivity contribution is 0.586. The minimum Gasteiger partial charge on any atom is -0.331 e. The lowest BCUT2D eigenvalue weighted by Gasteiger charge is -2.09. The molecule has 1 aromatic heterocycles. The summed E-state index contributed by atoms with van der Waals surface area (Å²) in [5.41, 5.74) is 0. The van der Waals surface area contributed by atoms with Gasteiger partial charge in [-0.15, -0.1) is 23.6 Å². The Hall–Kier alpha value is -0.570. The van der Waals surface area contributed by atoms with Crippen molar-refractivity contribution in [3.05, 3.63) is 31.4 Å². The number of allylic oxidation sites excluding steroid dienone is 1. The van der Waals surface area contributed by atoms with E-state index in [0.29, 0.717) is 6.04 Å². The van der Waals surface area contributed by atoms with Crippen molar-refractivity contribution < 1.29 is 0 Å². The van der Waals surface area contributed by atoms with E-state index in [1.807, 2.05) is 23.2 Å². The molecule has 0 aliphatic rings. The molecule has 0 saturated heterocycles. The molecule has 62 valence electrons. The quantitative estimate of drug-likeness (QED) is 0.711. The molecule has 0 radical (unpaired) electrons. The predicted molar refractivity (Wildman–Crippen MR) is 52.1 cm³/mol. The van der Waals surface area contributed by atoms with Crippen LogP contribution in [-0.2, 0) is 0 Å². The molecule has 0 aromatic carbocycles. The van der Waals surface area contributed by atoms with Gasteiger partial charge in [-0.05, 0) is 6.42 Å². The van der Waals surface area contributed by atoms with Crippen molar-refractivity contribution in [2.75, 3.05) is 0 Å². The Morgan fingerprint density at radius 1 is 1.73 bits per heavy atom. The molecular weight excluding hydrogens is 204 g/mol. The average molecular weight is 217 g/mol. The van der Waals surface area contributed by atoms with Crippen LogP contribution in [0.4, 0.5) is 0 Å². The number of halogens is 1. The fraction of sp³-hybridized carbons (Fsp3) is 0.375. The summed E-state index contributed by atoms with van der Waals surface area (Å²) in [4.78, 5) is 3.95. The lowest BCUT2D eigenvalue weighted by atomic mass is 10.2. The fourth-order valence-corrected chi connectivity index (χ4v) is 0.965. The molecule has 1 aromatic rings. The van der Waals surface area contributed by atoms with Crippen molar-refractivity contribution in [3.8, 4) is 0 Å². The smallest absolute Gasteiger partial charge is 0.0951 e. The van der Waals surface area contributed by atoms with Crippen molar-refractivity contribution in [3.63, 3.8) is 0 Å². The number of rotatable bonds is 3. The Labute approximate surface area is 77.7 Å². The second kappa shape index (κ2) is 5.13. The fourth-order valence-electron chi connectivity index (χ4n) is 0.965. The third kappa shape index (κ3) is 2.50. The van der Waals surface area contributed by atoms with Gasteiger partial charge in [0.2, 0.25) is 0 Å². The Kier molecular flexibility index (Phi) is 4.86. The zero-order chi connectivity index (χ0) is 7.40. The molecule has 0 bridgehead atoms. The van der Waals surface area contributed by atoms with Crippen molar-refractivity contribution in [1.82, 2.24) is 9.55 Å². The minimum atomic E-state index is 0. The first-order valence-corrected chi connectivity index (χ1v) is 3.48. The molecule has 1 atom stereocenters. The topological polar surface area (TPSA) is 17.8 Å². The summed E-state index contributed by atoms with van der Waals surface area (Å²) in [6.07, 6.45) is 8.55. The van der Waals surface area contributed by atoms with E-state index >= 15 is 0 Å². The number of nitrogens with zero attached hydrogens (tertiary/aromatic N) is 2. The van der Waals surface area contributed by atoms with E-state index in [1.54, 1.807) is 6.20 Å². The van der Waals surface area contributed by atoms with Gasteiger partial charge in [0.25, 0.3) is 0 Å². The summed E-state index contributed by atoms with van der Waals surface area (Å²) in [7, 11) is 0. The first-order chi connectivity index (χ1) is 4.88. The third-order valence-electron chi connectivity index (χ3n) is 1.60. The van der Waals surface area contributed by atoms with E-state index in [-0.39, 0.29) is 17.0 Å². The normalized spacial score (nSPS) is 11.7. The zero-order valence-corrected chi connectivity index (χ0v) is 8.32. The van der Waals surface area contributed by atoms with E-state index in [2.05, 4.69) is 18.5 Å². The van der Waals surface area contributed by atoms with Crippen LogP contribution in [0.5, 0.6) is 0 Å². The van der Waals surface area contributed by atoms with E-state index in [1.165, 1.54) is 0 Å². The van der Waals surface area contributed by atoms with Gasteiger partial charge >= 0.3 is 0 Å². The molecule has 0 N–H and O–H groups in total. The van der Waals surface area contributed by atoms with Gasteiger partial charge in [0, 0.05) is 12.4 Å². The van der Waals surface area contributed by atoms with Crippen LogP contribution in [-0.4, -0.2) is 9.55 Å². The third-order valence-corrected chi connectivity index (χ3v) is 1.60. The summed E-state index contributed by atoms with van der Waals surface area (Å²) >= 11 is 0. The number of hydrogen-bond acceptors (Lipinski definition) is 1. The van der Waals surface area contributed by atoms with Gasteiger partial charge < -0.3 is 4.57 Å². The highest BCUT2D eigenvalue weighted by Crippen LogP contribution is 2.09. The monoisotopic (exact) mass is 216 g/mol. The molecule has 1 rings (SSSR count). The first-order valence-electron chi connectivity index (χ1n) is 3.48. The van der Waals surface area contributed by atoms with E-state index in [0.717, 1.165) is 6.42 Å². The standard InChI is InChI=1S/C8H12N2.BrH/c1-3-8(4-2)10-6-5-9-7-10;/h3,5-8H,1,4H2,2H3;1H. The van der Waals surface area contributed by atoms with Crippen LogP contribution < -0.4 is 0 Å². The van der Waals surface area contributed by atoms with Gasteiger partial charge in [0.15, 0.2) is 0 Å². The molecule has 0 amide bonds. The van der Waals surface area contributed by atoms with Crippen LogP contribution in [0.25, 0.3) is 0 Å². The summed E-state index contributed by atoms with van der Waals surface area (Å²) in [5.74, 6) is 0. The molecule has 0 spiro atoms. The molecule has 2 nitrogen and oxygen atoms in total. The highest BCUT2D eigenvalue weighted by atomic mass is 79.9. The molecule has 1 unspecified atom stereocenters. The molecule has 0 aliphatic carbocycles. The maximum atomic E-state index is 3.95. The highest BCUT2D eigenvalue weighted by Gasteiger charge is 1.99. The summed E-state index contributed by atoms with van der Waals surface area (Å²) in [5, 5.41) is 0. The van der Waals surface area contributed by atoms with E-state index < -0.39 is 0 Å².